The maximum atomic E-state index is 5.34. The predicted octanol–water partition coefficient (Wildman–Crippen LogP) is 11.4. The van der Waals surface area contributed by atoms with Crippen molar-refractivity contribution < 1.29 is 0 Å². The average Bonchev–Trinajstić information content (AvgIpc) is 3.42. The van der Waals surface area contributed by atoms with Crippen molar-refractivity contribution in [2.45, 2.75) is 105 Å². The molecule has 0 aliphatic heterocycles. The van der Waals surface area contributed by atoms with E-state index in [0.29, 0.717) is 11.8 Å². The third-order valence-corrected chi connectivity index (χ3v) is 8.59. The summed E-state index contributed by atoms with van der Waals surface area (Å²) in [5.74, 6) is 1.11. The SMILES string of the molecule is CC1=Cc2sccc2C1c1cc(C(C)(C)C)cc(C(C)(C)C)c1C=Nc1c(C(C)C)cccc1C(C)C.CS. The molecule has 0 saturated heterocycles. The molecule has 0 amide bonds. The Morgan fingerprint density at radius 1 is 0.846 bits per heavy atom. The highest BCUT2D eigenvalue weighted by atomic mass is 32.1. The van der Waals surface area contributed by atoms with Crippen LogP contribution in [0.4, 0.5) is 5.69 Å². The maximum Gasteiger partial charge on any atom is 0.0699 e. The van der Waals surface area contributed by atoms with Gasteiger partial charge in [0, 0.05) is 22.6 Å². The lowest BCUT2D eigenvalue weighted by molar-refractivity contribution is 0.566. The van der Waals surface area contributed by atoms with Gasteiger partial charge < -0.3 is 0 Å². The van der Waals surface area contributed by atoms with Crippen LogP contribution in [0.15, 0.2) is 52.3 Å². The molecule has 1 nitrogen and oxygen atoms in total. The molecule has 0 saturated carbocycles. The smallest absolute Gasteiger partial charge is 0.0699 e. The Morgan fingerprint density at radius 2 is 1.44 bits per heavy atom. The highest BCUT2D eigenvalue weighted by molar-refractivity contribution is 7.79. The first kappa shape index (κ1) is 31.4. The number of thiol groups is 1. The van der Waals surface area contributed by atoms with Crippen LogP contribution in [0.5, 0.6) is 0 Å². The van der Waals surface area contributed by atoms with Crippen LogP contribution in [0, 0.1) is 0 Å². The molecule has 1 aliphatic carbocycles. The number of rotatable bonds is 5. The van der Waals surface area contributed by atoms with Gasteiger partial charge in [0.1, 0.15) is 0 Å². The Hall–Kier alpha value is -2.10. The number of allylic oxidation sites excluding steroid dienone is 1. The molecule has 0 radical (unpaired) electrons. The van der Waals surface area contributed by atoms with Crippen molar-refractivity contribution in [2.75, 3.05) is 6.26 Å². The van der Waals surface area contributed by atoms with Crippen LogP contribution in [0.3, 0.4) is 0 Å². The van der Waals surface area contributed by atoms with E-state index in [1.807, 2.05) is 11.3 Å². The summed E-state index contributed by atoms with van der Waals surface area (Å²) in [5, 5.41) is 2.24. The molecule has 1 unspecified atom stereocenters. The zero-order valence-corrected chi connectivity index (χ0v) is 27.9. The molecule has 1 aliphatic rings. The first-order chi connectivity index (χ1) is 18.2. The molecule has 4 rings (SSSR count). The molecule has 0 N–H and O–H groups in total. The van der Waals surface area contributed by atoms with E-state index >= 15 is 0 Å². The molecule has 3 heteroatoms. The fourth-order valence-corrected chi connectivity index (χ4v) is 6.47. The summed E-state index contributed by atoms with van der Waals surface area (Å²) in [6.07, 6.45) is 6.28. The molecule has 1 heterocycles. The Morgan fingerprint density at radius 3 is 1.95 bits per heavy atom. The van der Waals surface area contributed by atoms with Crippen LogP contribution in [-0.2, 0) is 10.8 Å². The fourth-order valence-electron chi connectivity index (χ4n) is 5.54. The van der Waals surface area contributed by atoms with Gasteiger partial charge in [-0.05, 0) is 86.7 Å². The van der Waals surface area contributed by atoms with Crippen LogP contribution in [0.2, 0.25) is 0 Å². The minimum Gasteiger partial charge on any atom is -0.256 e. The Kier molecular flexibility index (Phi) is 9.82. The molecule has 1 atom stereocenters. The molecule has 39 heavy (non-hydrogen) atoms. The standard InChI is InChI=1S/C35H45NS.CH4S/c1-21(2)25-13-12-14-26(22(3)4)33(25)36-20-29-28(32-23(5)17-31-27(32)15-16-37-31)18-24(34(6,7)8)19-30(29)35(9,10)11;1-2/h12-22,32H,1-11H3;2H,1H3. The van der Waals surface area contributed by atoms with Crippen LogP contribution in [0.1, 0.15) is 138 Å². The second-order valence-electron chi connectivity index (χ2n) is 13.4. The molecule has 0 spiro atoms. The first-order valence-electron chi connectivity index (χ1n) is 14.3. The van der Waals surface area contributed by atoms with Crippen LogP contribution < -0.4 is 0 Å². The van der Waals surface area contributed by atoms with Crippen LogP contribution >= 0.6 is 24.0 Å². The van der Waals surface area contributed by atoms with Crippen molar-refractivity contribution in [2.24, 2.45) is 4.99 Å². The molecular formula is C36H49NS2. The second kappa shape index (κ2) is 12.2. The number of hydrogen-bond acceptors (Lipinski definition) is 3. The molecule has 2 aromatic carbocycles. The highest BCUT2D eigenvalue weighted by Crippen LogP contribution is 2.47. The van der Waals surface area contributed by atoms with E-state index in [2.05, 4.69) is 143 Å². The number of fused-ring (bicyclic) bond motifs is 1. The number of benzene rings is 2. The normalized spacial score (nSPS) is 15.6. The first-order valence-corrected chi connectivity index (χ1v) is 16.0. The van der Waals surface area contributed by atoms with Gasteiger partial charge >= 0.3 is 0 Å². The topological polar surface area (TPSA) is 12.4 Å². The molecule has 0 fully saturated rings. The quantitative estimate of drug-likeness (QED) is 0.236. The monoisotopic (exact) mass is 559 g/mol. The Bertz CT molecular complexity index is 1330. The van der Waals surface area contributed by atoms with Crippen molar-refractivity contribution >= 4 is 41.9 Å². The summed E-state index contributed by atoms with van der Waals surface area (Å²) in [7, 11) is 0. The zero-order valence-electron chi connectivity index (χ0n) is 26.2. The molecular weight excluding hydrogens is 511 g/mol. The number of hydrogen-bond donors (Lipinski definition) is 1. The van der Waals surface area contributed by atoms with E-state index < -0.39 is 0 Å². The Labute approximate surface area is 248 Å². The van der Waals surface area contributed by atoms with Crippen molar-refractivity contribution in [3.8, 4) is 0 Å². The zero-order chi connectivity index (χ0) is 29.3. The average molecular weight is 560 g/mol. The minimum absolute atomic E-state index is 0.0104. The van der Waals surface area contributed by atoms with Gasteiger partial charge in [0.25, 0.3) is 0 Å². The predicted molar refractivity (Wildman–Crippen MR) is 180 cm³/mol. The van der Waals surface area contributed by atoms with Gasteiger partial charge in [0.2, 0.25) is 0 Å². The summed E-state index contributed by atoms with van der Waals surface area (Å²) in [5.41, 5.74) is 12.2. The van der Waals surface area contributed by atoms with E-state index in [4.69, 9.17) is 4.99 Å². The molecule has 1 aromatic heterocycles. The molecule has 3 aromatic rings. The van der Waals surface area contributed by atoms with Gasteiger partial charge in [0.15, 0.2) is 0 Å². The summed E-state index contributed by atoms with van der Waals surface area (Å²) in [6.45, 7) is 25.4. The van der Waals surface area contributed by atoms with Crippen molar-refractivity contribution in [1.82, 2.24) is 0 Å². The molecule has 210 valence electrons. The van der Waals surface area contributed by atoms with E-state index in [-0.39, 0.29) is 16.7 Å². The van der Waals surface area contributed by atoms with Gasteiger partial charge in [-0.15, -0.1) is 11.3 Å². The lowest BCUT2D eigenvalue weighted by Gasteiger charge is -2.31. The van der Waals surface area contributed by atoms with Gasteiger partial charge in [-0.1, -0.05) is 105 Å². The van der Waals surface area contributed by atoms with E-state index in [1.165, 1.54) is 49.4 Å². The third kappa shape index (κ3) is 6.63. The Balaban J connectivity index is 0.00000205. The van der Waals surface area contributed by atoms with E-state index in [0.717, 1.165) is 5.69 Å². The fraction of sp³-hybridized carbons (Fsp3) is 0.472. The van der Waals surface area contributed by atoms with Gasteiger partial charge in [-0.2, -0.15) is 12.6 Å². The summed E-state index contributed by atoms with van der Waals surface area (Å²) >= 11 is 5.38. The summed E-state index contributed by atoms with van der Waals surface area (Å²) < 4.78 is 0. The van der Waals surface area contributed by atoms with Crippen LogP contribution in [-0.4, -0.2) is 12.5 Å². The maximum absolute atomic E-state index is 5.34. The number of thiophene rings is 1. The van der Waals surface area contributed by atoms with Crippen LogP contribution in [0.25, 0.3) is 6.08 Å². The van der Waals surface area contributed by atoms with Crippen molar-refractivity contribution in [3.63, 3.8) is 0 Å². The van der Waals surface area contributed by atoms with E-state index in [9.17, 15) is 0 Å². The van der Waals surface area contributed by atoms with E-state index in [1.54, 1.807) is 6.26 Å². The molecule has 0 bridgehead atoms. The summed E-state index contributed by atoms with van der Waals surface area (Å²) in [6, 6.07) is 13.9. The lowest BCUT2D eigenvalue weighted by atomic mass is 9.74. The highest BCUT2D eigenvalue weighted by Gasteiger charge is 2.32. The van der Waals surface area contributed by atoms with Gasteiger partial charge in [0.05, 0.1) is 5.69 Å². The van der Waals surface area contributed by atoms with Gasteiger partial charge in [-0.25, -0.2) is 0 Å². The lowest BCUT2D eigenvalue weighted by Crippen LogP contribution is -2.21. The minimum atomic E-state index is -0.0104. The number of aliphatic imine (C=N–C) groups is 1. The largest absolute Gasteiger partial charge is 0.256 e. The summed E-state index contributed by atoms with van der Waals surface area (Å²) in [4.78, 5) is 6.74. The third-order valence-electron chi connectivity index (χ3n) is 7.71. The number of para-hydroxylation sites is 1. The van der Waals surface area contributed by atoms with Gasteiger partial charge in [-0.3, -0.25) is 4.99 Å². The number of nitrogens with zero attached hydrogens (tertiary/aromatic N) is 1. The van der Waals surface area contributed by atoms with Crippen molar-refractivity contribution in [1.29, 1.82) is 0 Å². The van der Waals surface area contributed by atoms with Crippen molar-refractivity contribution in [3.05, 3.63) is 91.2 Å². The second-order valence-corrected chi connectivity index (χ2v) is 14.4.